The van der Waals surface area contributed by atoms with Crippen LogP contribution in [-0.2, 0) is 6.42 Å². The van der Waals surface area contributed by atoms with Crippen molar-refractivity contribution in [2.24, 2.45) is 0 Å². The number of aromatic carboxylic acids is 1. The maximum Gasteiger partial charge on any atom is 0.335 e. The molecule has 34 heavy (non-hydrogen) atoms. The Bertz CT molecular complexity index is 1280. The van der Waals surface area contributed by atoms with Gasteiger partial charge in [-0.1, -0.05) is 18.5 Å². The van der Waals surface area contributed by atoms with E-state index in [1.807, 2.05) is 6.92 Å². The van der Waals surface area contributed by atoms with Crippen LogP contribution in [0.15, 0.2) is 36.5 Å². The van der Waals surface area contributed by atoms with E-state index in [1.165, 1.54) is 16.8 Å². The van der Waals surface area contributed by atoms with E-state index in [2.05, 4.69) is 20.7 Å². The van der Waals surface area contributed by atoms with Crippen molar-refractivity contribution in [3.8, 4) is 5.82 Å². The third-order valence-corrected chi connectivity index (χ3v) is 5.14. The fraction of sp³-hybridized carbons (Fsp3) is 0.292. The van der Waals surface area contributed by atoms with Crippen LogP contribution in [0, 0.1) is 6.92 Å². The van der Waals surface area contributed by atoms with Gasteiger partial charge in [-0.25, -0.2) is 14.5 Å². The maximum absolute atomic E-state index is 13.4. The summed E-state index contributed by atoms with van der Waals surface area (Å²) in [5, 5.41) is 19.8. The number of amides is 2. The number of carbonyl (C=O) groups excluding carboxylic acids is 2. The van der Waals surface area contributed by atoms with E-state index in [0.717, 1.165) is 0 Å². The molecular formula is C24H26ClN5O4. The summed E-state index contributed by atoms with van der Waals surface area (Å²) in [7, 11) is 0. The van der Waals surface area contributed by atoms with E-state index in [0.29, 0.717) is 22.7 Å². The van der Waals surface area contributed by atoms with Crippen LogP contribution in [0.2, 0.25) is 5.02 Å². The van der Waals surface area contributed by atoms with Gasteiger partial charge in [0.2, 0.25) is 0 Å². The lowest BCUT2D eigenvalue weighted by molar-refractivity contribution is 0.0696. The van der Waals surface area contributed by atoms with Gasteiger partial charge in [0.25, 0.3) is 11.8 Å². The Hall–Kier alpha value is -3.72. The summed E-state index contributed by atoms with van der Waals surface area (Å²) in [5.74, 6) is -1.95. The fourth-order valence-electron chi connectivity index (χ4n) is 3.30. The number of aryl methyl sites for hydroxylation is 2. The first kappa shape index (κ1) is 24.9. The van der Waals surface area contributed by atoms with Crippen LogP contribution in [0.5, 0.6) is 0 Å². The van der Waals surface area contributed by atoms with Crippen molar-refractivity contribution in [3.05, 3.63) is 69.6 Å². The minimum atomic E-state index is -1.18. The fourth-order valence-corrected chi connectivity index (χ4v) is 3.50. The van der Waals surface area contributed by atoms with Crippen molar-refractivity contribution in [2.75, 3.05) is 5.32 Å². The average molecular weight is 484 g/mol. The Balaban J connectivity index is 2.09. The van der Waals surface area contributed by atoms with E-state index < -0.39 is 23.3 Å². The zero-order valence-electron chi connectivity index (χ0n) is 19.6. The molecule has 0 aliphatic carbocycles. The number of carbonyl (C=O) groups is 3. The standard InChI is InChI=1S/C24H26ClN5O4/c1-6-15-12-18(30(29-15)20-17(25)8-7-9-26-20)22(32)27-19-13(2)10-14(23(33)34)11-16(19)21(31)28-24(3,4)5/h7-12H,6H2,1-5H3,(H,27,32)(H,28,31)(H,33,34). The molecule has 0 spiro atoms. The van der Waals surface area contributed by atoms with Crippen LogP contribution in [0.25, 0.3) is 5.82 Å². The van der Waals surface area contributed by atoms with Gasteiger partial charge in [0.05, 0.1) is 27.5 Å². The number of hydrogen-bond acceptors (Lipinski definition) is 5. The maximum atomic E-state index is 13.4. The molecule has 2 heterocycles. The second-order valence-electron chi connectivity index (χ2n) is 8.77. The zero-order valence-corrected chi connectivity index (χ0v) is 20.3. The summed E-state index contributed by atoms with van der Waals surface area (Å²) >= 11 is 6.29. The van der Waals surface area contributed by atoms with Crippen LogP contribution < -0.4 is 10.6 Å². The Labute approximate surface area is 202 Å². The number of carboxylic acid groups (broad SMARTS) is 1. The van der Waals surface area contributed by atoms with Crippen molar-refractivity contribution < 1.29 is 19.5 Å². The molecule has 3 rings (SSSR count). The number of nitrogens with zero attached hydrogens (tertiary/aromatic N) is 3. The smallest absolute Gasteiger partial charge is 0.335 e. The van der Waals surface area contributed by atoms with Gasteiger partial charge < -0.3 is 15.7 Å². The Morgan fingerprint density at radius 3 is 2.44 bits per heavy atom. The normalized spacial score (nSPS) is 11.2. The first-order valence-electron chi connectivity index (χ1n) is 10.6. The molecule has 1 aromatic carbocycles. The molecule has 0 aliphatic rings. The highest BCUT2D eigenvalue weighted by Crippen LogP contribution is 2.26. The lowest BCUT2D eigenvalue weighted by Gasteiger charge is -2.22. The minimum absolute atomic E-state index is 0.0401. The number of anilines is 1. The molecule has 178 valence electrons. The third kappa shape index (κ3) is 5.43. The summed E-state index contributed by atoms with van der Waals surface area (Å²) in [6.07, 6.45) is 2.11. The topological polar surface area (TPSA) is 126 Å². The molecule has 0 bridgehead atoms. The van der Waals surface area contributed by atoms with Crippen LogP contribution in [-0.4, -0.2) is 43.2 Å². The SMILES string of the molecule is CCc1cc(C(=O)Nc2c(C)cc(C(=O)O)cc2C(=O)NC(C)(C)C)n(-c2ncccc2Cl)n1. The summed E-state index contributed by atoms with van der Waals surface area (Å²) < 4.78 is 1.35. The zero-order chi connectivity index (χ0) is 25.2. The highest BCUT2D eigenvalue weighted by Gasteiger charge is 2.25. The van der Waals surface area contributed by atoms with Crippen LogP contribution in [0.4, 0.5) is 5.69 Å². The van der Waals surface area contributed by atoms with E-state index >= 15 is 0 Å². The molecule has 0 fully saturated rings. The molecule has 2 amide bonds. The Morgan fingerprint density at radius 2 is 1.85 bits per heavy atom. The summed E-state index contributed by atoms with van der Waals surface area (Å²) in [4.78, 5) is 42.2. The van der Waals surface area contributed by atoms with Gasteiger partial charge in [0.15, 0.2) is 5.82 Å². The summed E-state index contributed by atoms with van der Waals surface area (Å²) in [5.41, 5.74) is 0.846. The van der Waals surface area contributed by atoms with Gasteiger partial charge in [-0.15, -0.1) is 0 Å². The van der Waals surface area contributed by atoms with Crippen molar-refractivity contribution in [1.29, 1.82) is 0 Å². The van der Waals surface area contributed by atoms with E-state index in [9.17, 15) is 19.5 Å². The molecule has 3 N–H and O–H groups in total. The molecule has 0 radical (unpaired) electrons. The molecule has 2 aromatic heterocycles. The van der Waals surface area contributed by atoms with Crippen molar-refractivity contribution in [1.82, 2.24) is 20.1 Å². The molecule has 0 saturated carbocycles. The van der Waals surface area contributed by atoms with Gasteiger partial charge in [-0.05, 0) is 70.0 Å². The van der Waals surface area contributed by atoms with Gasteiger partial charge in [-0.2, -0.15) is 5.10 Å². The second kappa shape index (κ2) is 9.64. The van der Waals surface area contributed by atoms with Crippen molar-refractivity contribution in [3.63, 3.8) is 0 Å². The molecule has 0 atom stereocenters. The Morgan fingerprint density at radius 1 is 1.15 bits per heavy atom. The van der Waals surface area contributed by atoms with Crippen LogP contribution in [0.1, 0.15) is 70.2 Å². The number of pyridine rings is 1. The molecular weight excluding hydrogens is 458 g/mol. The van der Waals surface area contributed by atoms with E-state index in [4.69, 9.17) is 11.6 Å². The lowest BCUT2D eigenvalue weighted by Crippen LogP contribution is -2.41. The molecule has 0 unspecified atom stereocenters. The lowest BCUT2D eigenvalue weighted by atomic mass is 10.0. The van der Waals surface area contributed by atoms with Crippen LogP contribution in [0.3, 0.4) is 0 Å². The van der Waals surface area contributed by atoms with Gasteiger partial charge >= 0.3 is 5.97 Å². The predicted octanol–water partition coefficient (Wildman–Crippen LogP) is 4.27. The molecule has 0 aliphatic heterocycles. The van der Waals surface area contributed by atoms with Gasteiger partial charge in [0.1, 0.15) is 5.69 Å². The first-order valence-corrected chi connectivity index (χ1v) is 11.0. The quantitative estimate of drug-likeness (QED) is 0.480. The second-order valence-corrected chi connectivity index (χ2v) is 9.18. The number of halogens is 1. The minimum Gasteiger partial charge on any atom is -0.478 e. The third-order valence-electron chi connectivity index (χ3n) is 4.85. The average Bonchev–Trinajstić information content (AvgIpc) is 3.18. The van der Waals surface area contributed by atoms with Crippen molar-refractivity contribution in [2.45, 2.75) is 46.6 Å². The predicted molar refractivity (Wildman–Crippen MR) is 129 cm³/mol. The van der Waals surface area contributed by atoms with Crippen LogP contribution >= 0.6 is 11.6 Å². The molecule has 0 saturated heterocycles. The number of aromatic nitrogens is 3. The number of nitrogens with one attached hydrogen (secondary N) is 2. The highest BCUT2D eigenvalue weighted by atomic mass is 35.5. The number of hydrogen-bond donors (Lipinski definition) is 3. The van der Waals surface area contributed by atoms with Gasteiger partial charge in [0, 0.05) is 11.7 Å². The first-order chi connectivity index (χ1) is 15.9. The summed E-state index contributed by atoms with van der Waals surface area (Å²) in [6.45, 7) is 8.94. The number of carboxylic acids is 1. The molecule has 10 heteroatoms. The highest BCUT2D eigenvalue weighted by molar-refractivity contribution is 6.32. The van der Waals surface area contributed by atoms with E-state index in [1.54, 1.807) is 52.1 Å². The van der Waals surface area contributed by atoms with Crippen molar-refractivity contribution >= 4 is 35.1 Å². The number of benzene rings is 1. The molecule has 3 aromatic rings. The Kier molecular flexibility index (Phi) is 7.07. The van der Waals surface area contributed by atoms with E-state index in [-0.39, 0.29) is 28.3 Å². The van der Waals surface area contributed by atoms with Gasteiger partial charge in [-0.3, -0.25) is 9.59 Å². The monoisotopic (exact) mass is 483 g/mol. The largest absolute Gasteiger partial charge is 0.478 e. The number of rotatable bonds is 6. The molecule has 9 nitrogen and oxygen atoms in total. The summed E-state index contributed by atoms with van der Waals surface area (Å²) in [6, 6.07) is 7.58.